The van der Waals surface area contributed by atoms with Gasteiger partial charge in [0.2, 0.25) is 10.0 Å². The second-order valence-corrected chi connectivity index (χ2v) is 8.75. The Bertz CT molecular complexity index is 869. The van der Waals surface area contributed by atoms with Crippen LogP contribution in [0.3, 0.4) is 0 Å². The number of nitrogens with one attached hydrogen (secondary N) is 3. The molecule has 0 atom stereocenters. The molecule has 0 aliphatic heterocycles. The molecule has 1 saturated carbocycles. The SMILES string of the molecule is N=C(N)NC[C@H]1CC[C@H](CNS(=O)(=O)c2cccc3ccccc23)CC1. The first kappa shape index (κ1) is 18.7. The number of hydrogen-bond donors (Lipinski definition) is 4. The maximum atomic E-state index is 12.8. The lowest BCUT2D eigenvalue weighted by molar-refractivity contribution is 0.275. The smallest absolute Gasteiger partial charge is 0.241 e. The van der Waals surface area contributed by atoms with Crippen LogP contribution in [0.25, 0.3) is 10.8 Å². The van der Waals surface area contributed by atoms with Crippen LogP contribution in [-0.2, 0) is 10.0 Å². The largest absolute Gasteiger partial charge is 0.370 e. The van der Waals surface area contributed by atoms with Crippen molar-refractivity contribution in [2.45, 2.75) is 30.6 Å². The molecule has 0 amide bonds. The fourth-order valence-electron chi connectivity index (χ4n) is 3.63. The molecule has 1 fully saturated rings. The Morgan fingerprint density at radius 2 is 1.62 bits per heavy atom. The lowest BCUT2D eigenvalue weighted by Gasteiger charge is -2.28. The van der Waals surface area contributed by atoms with E-state index in [0.717, 1.165) is 43.0 Å². The van der Waals surface area contributed by atoms with Gasteiger partial charge in [-0.2, -0.15) is 0 Å². The molecule has 140 valence electrons. The van der Waals surface area contributed by atoms with Crippen molar-refractivity contribution in [1.29, 1.82) is 5.41 Å². The zero-order valence-corrected chi connectivity index (χ0v) is 15.6. The molecular weight excluding hydrogens is 348 g/mol. The highest BCUT2D eigenvalue weighted by Gasteiger charge is 2.24. The maximum absolute atomic E-state index is 12.8. The summed E-state index contributed by atoms with van der Waals surface area (Å²) in [5.41, 5.74) is 5.32. The normalized spacial score (nSPS) is 20.8. The second kappa shape index (κ2) is 8.05. The molecule has 2 aromatic rings. The second-order valence-electron chi connectivity index (χ2n) is 7.01. The number of sulfonamides is 1. The van der Waals surface area contributed by atoms with Crippen molar-refractivity contribution < 1.29 is 8.42 Å². The number of nitrogens with two attached hydrogens (primary N) is 1. The predicted octanol–water partition coefficient (Wildman–Crippen LogP) is 2.41. The summed E-state index contributed by atoms with van der Waals surface area (Å²) in [5.74, 6) is 0.869. The number of guanidine groups is 1. The summed E-state index contributed by atoms with van der Waals surface area (Å²) < 4.78 is 28.3. The van der Waals surface area contributed by atoms with E-state index >= 15 is 0 Å². The van der Waals surface area contributed by atoms with Crippen LogP contribution in [0.5, 0.6) is 0 Å². The molecule has 6 nitrogen and oxygen atoms in total. The molecule has 5 N–H and O–H groups in total. The summed E-state index contributed by atoms with van der Waals surface area (Å²) in [5, 5.41) is 11.8. The van der Waals surface area contributed by atoms with E-state index in [2.05, 4.69) is 10.0 Å². The molecule has 0 bridgehead atoms. The number of rotatable bonds is 6. The van der Waals surface area contributed by atoms with Gasteiger partial charge >= 0.3 is 0 Å². The molecule has 1 aliphatic carbocycles. The highest BCUT2D eigenvalue weighted by atomic mass is 32.2. The van der Waals surface area contributed by atoms with Crippen LogP contribution in [0, 0.1) is 17.2 Å². The zero-order chi connectivity index (χ0) is 18.6. The summed E-state index contributed by atoms with van der Waals surface area (Å²) >= 11 is 0. The molecular formula is C19H26N4O2S. The minimum absolute atomic E-state index is 0.00923. The fourth-order valence-corrected chi connectivity index (χ4v) is 4.97. The molecule has 1 aliphatic rings. The Morgan fingerprint density at radius 3 is 2.31 bits per heavy atom. The Morgan fingerprint density at radius 1 is 1.00 bits per heavy atom. The van der Waals surface area contributed by atoms with Gasteiger partial charge in [0, 0.05) is 18.5 Å². The Labute approximate surface area is 154 Å². The topological polar surface area (TPSA) is 108 Å². The van der Waals surface area contributed by atoms with E-state index in [4.69, 9.17) is 11.1 Å². The molecule has 0 radical (unpaired) electrons. The maximum Gasteiger partial charge on any atom is 0.241 e. The molecule has 2 aromatic carbocycles. The van der Waals surface area contributed by atoms with Crippen molar-refractivity contribution in [2.24, 2.45) is 17.6 Å². The van der Waals surface area contributed by atoms with Crippen LogP contribution in [0.15, 0.2) is 47.4 Å². The molecule has 3 rings (SSSR count). The van der Waals surface area contributed by atoms with E-state index in [1.165, 1.54) is 0 Å². The summed E-state index contributed by atoms with van der Waals surface area (Å²) in [6, 6.07) is 12.9. The molecule has 0 unspecified atom stereocenters. The molecule has 0 spiro atoms. The molecule has 7 heteroatoms. The summed E-state index contributed by atoms with van der Waals surface area (Å²) in [6.07, 6.45) is 4.03. The van der Waals surface area contributed by atoms with Crippen molar-refractivity contribution in [3.8, 4) is 0 Å². The summed E-state index contributed by atoms with van der Waals surface area (Å²) in [6.45, 7) is 1.20. The van der Waals surface area contributed by atoms with Crippen LogP contribution in [0.4, 0.5) is 0 Å². The van der Waals surface area contributed by atoms with Crippen molar-refractivity contribution in [2.75, 3.05) is 13.1 Å². The minimum Gasteiger partial charge on any atom is -0.370 e. The lowest BCUT2D eigenvalue weighted by atomic mass is 9.82. The van der Waals surface area contributed by atoms with Gasteiger partial charge in [0.15, 0.2) is 5.96 Å². The molecule has 0 saturated heterocycles. The number of fused-ring (bicyclic) bond motifs is 1. The highest BCUT2D eigenvalue weighted by Crippen LogP contribution is 2.29. The van der Waals surface area contributed by atoms with E-state index in [1.807, 2.05) is 30.3 Å². The Hall–Kier alpha value is -2.12. The van der Waals surface area contributed by atoms with Gasteiger partial charge in [-0.1, -0.05) is 36.4 Å². The first-order chi connectivity index (χ1) is 12.5. The quantitative estimate of drug-likeness (QED) is 0.460. The van der Waals surface area contributed by atoms with Crippen LogP contribution < -0.4 is 15.8 Å². The van der Waals surface area contributed by atoms with Gasteiger partial charge in [-0.25, -0.2) is 13.1 Å². The van der Waals surface area contributed by atoms with Gasteiger partial charge < -0.3 is 11.1 Å². The molecule has 26 heavy (non-hydrogen) atoms. The zero-order valence-electron chi connectivity index (χ0n) is 14.7. The van der Waals surface area contributed by atoms with Gasteiger partial charge in [0.25, 0.3) is 0 Å². The van der Waals surface area contributed by atoms with E-state index in [1.54, 1.807) is 12.1 Å². The standard InChI is InChI=1S/C19H26N4O2S/c20-19(21)22-12-14-8-10-15(11-9-14)13-23-26(24,25)18-7-3-5-16-4-1-2-6-17(16)18/h1-7,14-15,23H,8-13H2,(H4,20,21,22)/t14-,15-. The van der Waals surface area contributed by atoms with E-state index in [0.29, 0.717) is 23.3 Å². The average molecular weight is 375 g/mol. The van der Waals surface area contributed by atoms with Gasteiger partial charge in [0.1, 0.15) is 0 Å². The van der Waals surface area contributed by atoms with Gasteiger partial charge in [-0.3, -0.25) is 5.41 Å². The first-order valence-corrected chi connectivity index (χ1v) is 10.5. The van der Waals surface area contributed by atoms with Crippen LogP contribution in [0.2, 0.25) is 0 Å². The van der Waals surface area contributed by atoms with Gasteiger partial charge in [0.05, 0.1) is 4.90 Å². The summed E-state index contributed by atoms with van der Waals surface area (Å²) in [7, 11) is -3.53. The van der Waals surface area contributed by atoms with Crippen LogP contribution in [0.1, 0.15) is 25.7 Å². The third-order valence-electron chi connectivity index (χ3n) is 5.15. The highest BCUT2D eigenvalue weighted by molar-refractivity contribution is 7.89. The monoisotopic (exact) mass is 374 g/mol. The molecule has 0 heterocycles. The first-order valence-electron chi connectivity index (χ1n) is 9.01. The number of benzene rings is 2. The van der Waals surface area contributed by atoms with Crippen LogP contribution >= 0.6 is 0 Å². The van der Waals surface area contributed by atoms with Gasteiger partial charge in [-0.05, 0) is 49.0 Å². The van der Waals surface area contributed by atoms with E-state index in [-0.39, 0.29) is 5.96 Å². The average Bonchev–Trinajstić information content (AvgIpc) is 2.65. The third-order valence-corrected chi connectivity index (χ3v) is 6.63. The van der Waals surface area contributed by atoms with E-state index in [9.17, 15) is 8.42 Å². The van der Waals surface area contributed by atoms with Crippen molar-refractivity contribution >= 4 is 26.8 Å². The van der Waals surface area contributed by atoms with Crippen molar-refractivity contribution in [1.82, 2.24) is 10.0 Å². The fraction of sp³-hybridized carbons (Fsp3) is 0.421. The lowest BCUT2D eigenvalue weighted by Crippen LogP contribution is -2.37. The minimum atomic E-state index is -3.53. The predicted molar refractivity (Wildman–Crippen MR) is 105 cm³/mol. The Kier molecular flexibility index (Phi) is 5.78. The van der Waals surface area contributed by atoms with Gasteiger partial charge in [-0.15, -0.1) is 0 Å². The van der Waals surface area contributed by atoms with Crippen molar-refractivity contribution in [3.63, 3.8) is 0 Å². The number of hydrogen-bond acceptors (Lipinski definition) is 3. The van der Waals surface area contributed by atoms with Crippen molar-refractivity contribution in [3.05, 3.63) is 42.5 Å². The summed E-state index contributed by atoms with van der Waals surface area (Å²) in [4.78, 5) is 0.343. The third kappa shape index (κ3) is 4.53. The molecule has 0 aromatic heterocycles. The van der Waals surface area contributed by atoms with Crippen LogP contribution in [-0.4, -0.2) is 27.5 Å². The van der Waals surface area contributed by atoms with E-state index < -0.39 is 10.0 Å². The Balaban J connectivity index is 1.58.